The van der Waals surface area contributed by atoms with Gasteiger partial charge in [0.1, 0.15) is 6.04 Å². The van der Waals surface area contributed by atoms with Gasteiger partial charge in [0.2, 0.25) is 11.8 Å². The number of rotatable bonds is 5. The molecule has 0 spiro atoms. The number of hydrogen-bond donors (Lipinski definition) is 1. The molecule has 0 saturated carbocycles. The second-order valence-corrected chi connectivity index (χ2v) is 5.99. The van der Waals surface area contributed by atoms with Crippen molar-refractivity contribution in [3.8, 4) is 0 Å². The van der Waals surface area contributed by atoms with Crippen LogP contribution in [0.1, 0.15) is 57.5 Å². The molecule has 1 heterocycles. The SMILES string of the molecule is CCCNC(c1ccccc1)c1nnc(C(C)(C)C)o1. The van der Waals surface area contributed by atoms with Crippen LogP contribution in [-0.4, -0.2) is 16.7 Å². The molecule has 1 unspecified atom stereocenters. The summed E-state index contributed by atoms with van der Waals surface area (Å²) in [5.74, 6) is 1.31. The van der Waals surface area contributed by atoms with Gasteiger partial charge in [0, 0.05) is 5.41 Å². The fraction of sp³-hybridized carbons (Fsp3) is 0.500. The van der Waals surface area contributed by atoms with Crippen LogP contribution >= 0.6 is 0 Å². The fourth-order valence-corrected chi connectivity index (χ4v) is 1.94. The van der Waals surface area contributed by atoms with E-state index in [1.807, 2.05) is 18.2 Å². The van der Waals surface area contributed by atoms with Gasteiger partial charge in [-0.3, -0.25) is 0 Å². The molecule has 2 aromatic rings. The van der Waals surface area contributed by atoms with Crippen molar-refractivity contribution in [2.24, 2.45) is 0 Å². The molecule has 0 fully saturated rings. The quantitative estimate of drug-likeness (QED) is 0.906. The van der Waals surface area contributed by atoms with Crippen LogP contribution < -0.4 is 5.32 Å². The maximum atomic E-state index is 5.88. The Hall–Kier alpha value is -1.68. The van der Waals surface area contributed by atoms with Crippen LogP contribution in [0, 0.1) is 0 Å². The van der Waals surface area contributed by atoms with E-state index in [-0.39, 0.29) is 11.5 Å². The van der Waals surface area contributed by atoms with Gasteiger partial charge in [-0.25, -0.2) is 0 Å². The summed E-state index contributed by atoms with van der Waals surface area (Å²) >= 11 is 0. The van der Waals surface area contributed by atoms with Gasteiger partial charge < -0.3 is 9.73 Å². The Kier molecular flexibility index (Phi) is 4.55. The standard InChI is InChI=1S/C16H23N3O/c1-5-11-17-13(12-9-7-6-8-10-12)14-18-19-15(20-14)16(2,3)4/h6-10,13,17H,5,11H2,1-4H3. The van der Waals surface area contributed by atoms with E-state index >= 15 is 0 Å². The molecule has 0 radical (unpaired) electrons. The lowest BCUT2D eigenvalue weighted by Crippen LogP contribution is -2.23. The highest BCUT2D eigenvalue weighted by Gasteiger charge is 2.25. The number of nitrogens with one attached hydrogen (secondary N) is 1. The average Bonchev–Trinajstić information content (AvgIpc) is 2.90. The van der Waals surface area contributed by atoms with E-state index in [1.165, 1.54) is 0 Å². The molecule has 0 aliphatic rings. The number of hydrogen-bond acceptors (Lipinski definition) is 4. The number of benzene rings is 1. The van der Waals surface area contributed by atoms with Crippen molar-refractivity contribution in [3.05, 3.63) is 47.7 Å². The van der Waals surface area contributed by atoms with Crippen LogP contribution in [0.3, 0.4) is 0 Å². The summed E-state index contributed by atoms with van der Waals surface area (Å²) in [5, 5.41) is 11.9. The molecule has 0 saturated heterocycles. The highest BCUT2D eigenvalue weighted by atomic mass is 16.4. The summed E-state index contributed by atoms with van der Waals surface area (Å²) in [4.78, 5) is 0. The Balaban J connectivity index is 2.29. The van der Waals surface area contributed by atoms with Crippen molar-refractivity contribution in [3.63, 3.8) is 0 Å². The monoisotopic (exact) mass is 273 g/mol. The van der Waals surface area contributed by atoms with Gasteiger partial charge in [0.25, 0.3) is 0 Å². The Morgan fingerprint density at radius 2 is 1.85 bits per heavy atom. The first kappa shape index (κ1) is 14.7. The van der Waals surface area contributed by atoms with E-state index in [9.17, 15) is 0 Å². The molecule has 1 N–H and O–H groups in total. The van der Waals surface area contributed by atoms with E-state index in [1.54, 1.807) is 0 Å². The Morgan fingerprint density at radius 1 is 1.15 bits per heavy atom. The minimum Gasteiger partial charge on any atom is -0.423 e. The minimum atomic E-state index is -0.128. The Labute approximate surface area is 120 Å². The van der Waals surface area contributed by atoms with Crippen molar-refractivity contribution >= 4 is 0 Å². The Bertz CT molecular complexity index is 528. The summed E-state index contributed by atoms with van der Waals surface area (Å²) in [6.07, 6.45) is 1.06. The summed E-state index contributed by atoms with van der Waals surface area (Å²) in [7, 11) is 0. The van der Waals surface area contributed by atoms with E-state index in [2.05, 4.69) is 55.3 Å². The molecular weight excluding hydrogens is 250 g/mol. The van der Waals surface area contributed by atoms with E-state index in [0.717, 1.165) is 18.5 Å². The number of aromatic nitrogens is 2. The third kappa shape index (κ3) is 3.45. The smallest absolute Gasteiger partial charge is 0.237 e. The lowest BCUT2D eigenvalue weighted by molar-refractivity contribution is 0.351. The molecule has 0 amide bonds. The molecule has 4 heteroatoms. The largest absolute Gasteiger partial charge is 0.423 e. The zero-order valence-corrected chi connectivity index (χ0v) is 12.7. The van der Waals surface area contributed by atoms with Crippen molar-refractivity contribution in [2.45, 2.75) is 45.6 Å². The van der Waals surface area contributed by atoms with E-state index in [4.69, 9.17) is 4.42 Å². The van der Waals surface area contributed by atoms with Crippen molar-refractivity contribution in [1.82, 2.24) is 15.5 Å². The molecule has 4 nitrogen and oxygen atoms in total. The molecule has 1 atom stereocenters. The van der Waals surface area contributed by atoms with Crippen LogP contribution in [0.2, 0.25) is 0 Å². The van der Waals surface area contributed by atoms with E-state index in [0.29, 0.717) is 11.8 Å². The maximum Gasteiger partial charge on any atom is 0.237 e. The lowest BCUT2D eigenvalue weighted by Gasteiger charge is -2.16. The predicted octanol–water partition coefficient (Wildman–Crippen LogP) is 3.46. The predicted molar refractivity (Wildman–Crippen MR) is 79.6 cm³/mol. The second kappa shape index (κ2) is 6.18. The zero-order chi connectivity index (χ0) is 14.6. The molecular formula is C16H23N3O. The number of nitrogens with zero attached hydrogens (tertiary/aromatic N) is 2. The first-order chi connectivity index (χ1) is 9.52. The summed E-state index contributed by atoms with van der Waals surface area (Å²) in [6, 6.07) is 10.2. The fourth-order valence-electron chi connectivity index (χ4n) is 1.94. The van der Waals surface area contributed by atoms with Crippen LogP contribution in [-0.2, 0) is 5.41 Å². The second-order valence-electron chi connectivity index (χ2n) is 5.99. The molecule has 0 bridgehead atoms. The lowest BCUT2D eigenvalue weighted by atomic mass is 9.97. The molecule has 0 aliphatic heterocycles. The van der Waals surface area contributed by atoms with Gasteiger partial charge in [-0.05, 0) is 18.5 Å². The van der Waals surface area contributed by atoms with Crippen molar-refractivity contribution in [1.29, 1.82) is 0 Å². The third-order valence-corrected chi connectivity index (χ3v) is 3.06. The first-order valence-corrected chi connectivity index (χ1v) is 7.14. The molecule has 1 aromatic carbocycles. The van der Waals surface area contributed by atoms with Gasteiger partial charge >= 0.3 is 0 Å². The zero-order valence-electron chi connectivity index (χ0n) is 12.7. The molecule has 2 rings (SSSR count). The van der Waals surface area contributed by atoms with Gasteiger partial charge in [-0.15, -0.1) is 10.2 Å². The van der Waals surface area contributed by atoms with Gasteiger partial charge in [-0.2, -0.15) is 0 Å². The van der Waals surface area contributed by atoms with Crippen molar-refractivity contribution < 1.29 is 4.42 Å². The highest BCUT2D eigenvalue weighted by molar-refractivity contribution is 5.23. The van der Waals surface area contributed by atoms with Crippen LogP contribution in [0.5, 0.6) is 0 Å². The van der Waals surface area contributed by atoms with Crippen molar-refractivity contribution in [2.75, 3.05) is 6.54 Å². The molecule has 0 aliphatic carbocycles. The van der Waals surface area contributed by atoms with Gasteiger partial charge in [0.05, 0.1) is 0 Å². The van der Waals surface area contributed by atoms with Gasteiger partial charge in [-0.1, -0.05) is 58.0 Å². The maximum absolute atomic E-state index is 5.88. The summed E-state index contributed by atoms with van der Waals surface area (Å²) in [5.41, 5.74) is 1.02. The molecule has 20 heavy (non-hydrogen) atoms. The van der Waals surface area contributed by atoms with Crippen LogP contribution in [0.25, 0.3) is 0 Å². The Morgan fingerprint density at radius 3 is 2.40 bits per heavy atom. The first-order valence-electron chi connectivity index (χ1n) is 7.14. The molecule has 1 aromatic heterocycles. The topological polar surface area (TPSA) is 51.0 Å². The van der Waals surface area contributed by atoms with Crippen LogP contribution in [0.15, 0.2) is 34.7 Å². The van der Waals surface area contributed by atoms with Crippen LogP contribution in [0.4, 0.5) is 0 Å². The van der Waals surface area contributed by atoms with Gasteiger partial charge in [0.15, 0.2) is 0 Å². The molecule has 108 valence electrons. The third-order valence-electron chi connectivity index (χ3n) is 3.06. The summed E-state index contributed by atoms with van der Waals surface area (Å²) in [6.45, 7) is 9.26. The average molecular weight is 273 g/mol. The minimum absolute atomic E-state index is 0.0419. The normalized spacial score (nSPS) is 13.4. The summed E-state index contributed by atoms with van der Waals surface area (Å²) < 4.78 is 5.88. The highest BCUT2D eigenvalue weighted by Crippen LogP contribution is 2.25. The van der Waals surface area contributed by atoms with E-state index < -0.39 is 0 Å².